The number of nitrogens with one attached hydrogen (secondary N) is 1. The summed E-state index contributed by atoms with van der Waals surface area (Å²) in [5.41, 5.74) is -0.160. The quantitative estimate of drug-likeness (QED) is 0.811. The lowest BCUT2D eigenvalue weighted by molar-refractivity contribution is 0.0784. The highest BCUT2D eigenvalue weighted by Gasteiger charge is 2.18. The van der Waals surface area contributed by atoms with Gasteiger partial charge in [-0.3, -0.25) is 4.79 Å². The Labute approximate surface area is 136 Å². The van der Waals surface area contributed by atoms with Crippen LogP contribution in [0.3, 0.4) is 0 Å². The molecule has 0 bridgehead atoms. The molecule has 1 unspecified atom stereocenters. The summed E-state index contributed by atoms with van der Waals surface area (Å²) in [5, 5.41) is 12.3. The number of ether oxygens (including phenoxy) is 1. The largest absolute Gasteiger partial charge is 0.485 e. The van der Waals surface area contributed by atoms with Crippen LogP contribution in [-0.4, -0.2) is 35.6 Å². The monoisotopic (exact) mass is 340 g/mol. The summed E-state index contributed by atoms with van der Waals surface area (Å²) >= 11 is 0. The summed E-state index contributed by atoms with van der Waals surface area (Å²) in [6.07, 6.45) is -2.65. The van der Waals surface area contributed by atoms with Crippen LogP contribution < -0.4 is 10.1 Å². The smallest absolute Gasteiger partial charge is 0.273 e. The molecule has 0 saturated carbocycles. The molecule has 2 N–H and O–H groups in total. The fourth-order valence-corrected chi connectivity index (χ4v) is 1.96. The van der Waals surface area contributed by atoms with Gasteiger partial charge in [-0.2, -0.15) is 0 Å². The first-order valence-corrected chi connectivity index (χ1v) is 7.05. The Morgan fingerprint density at radius 2 is 2.00 bits per heavy atom. The number of aliphatic hydroxyl groups is 1. The van der Waals surface area contributed by atoms with Gasteiger partial charge in [-0.15, -0.1) is 0 Å². The van der Waals surface area contributed by atoms with E-state index in [1.54, 1.807) is 6.07 Å². The number of carbonyl (C=O) groups excluding carboxylic acids is 1. The van der Waals surface area contributed by atoms with E-state index in [0.29, 0.717) is 0 Å². The van der Waals surface area contributed by atoms with Crippen molar-refractivity contribution in [3.8, 4) is 5.75 Å². The Kier molecular flexibility index (Phi) is 6.14. The van der Waals surface area contributed by atoms with Gasteiger partial charge in [-0.1, -0.05) is 18.2 Å². The normalized spacial score (nSPS) is 12.0. The molecule has 2 rings (SSSR count). The second-order valence-electron chi connectivity index (χ2n) is 4.80. The minimum absolute atomic E-state index is 0.0352. The molecular formula is C16H15F3N2O3. The van der Waals surface area contributed by atoms with Gasteiger partial charge in [0.15, 0.2) is 11.4 Å². The number of hydrogen-bond acceptors (Lipinski definition) is 4. The van der Waals surface area contributed by atoms with E-state index in [9.17, 15) is 23.1 Å². The second-order valence-corrected chi connectivity index (χ2v) is 4.80. The summed E-state index contributed by atoms with van der Waals surface area (Å²) in [6, 6.07) is 8.38. The van der Waals surface area contributed by atoms with E-state index in [-0.39, 0.29) is 23.6 Å². The molecule has 1 aromatic heterocycles. The molecule has 24 heavy (non-hydrogen) atoms. The van der Waals surface area contributed by atoms with Gasteiger partial charge < -0.3 is 15.2 Å². The summed E-state index contributed by atoms with van der Waals surface area (Å²) in [5.74, 6) is -1.43. The van der Waals surface area contributed by atoms with E-state index in [1.807, 2.05) is 0 Å². The fourth-order valence-electron chi connectivity index (χ4n) is 1.96. The van der Waals surface area contributed by atoms with Crippen molar-refractivity contribution in [2.75, 3.05) is 13.2 Å². The number of aliphatic hydroxyl groups excluding tert-OH is 1. The predicted molar refractivity (Wildman–Crippen MR) is 79.4 cm³/mol. The van der Waals surface area contributed by atoms with E-state index in [4.69, 9.17) is 4.74 Å². The van der Waals surface area contributed by atoms with Crippen molar-refractivity contribution >= 4 is 5.91 Å². The summed E-state index contributed by atoms with van der Waals surface area (Å²) in [7, 11) is 0. The maximum atomic E-state index is 13.6. The number of halogens is 3. The lowest BCUT2D eigenvalue weighted by Crippen LogP contribution is -2.30. The van der Waals surface area contributed by atoms with Crippen molar-refractivity contribution in [2.45, 2.75) is 12.5 Å². The number of benzene rings is 1. The molecule has 0 aliphatic carbocycles. The van der Waals surface area contributed by atoms with Crippen LogP contribution in [0.15, 0.2) is 42.6 Å². The molecule has 0 fully saturated rings. The Bertz CT molecular complexity index is 698. The molecule has 8 heteroatoms. The number of alkyl halides is 2. The highest BCUT2D eigenvalue weighted by atomic mass is 19.3. The van der Waals surface area contributed by atoms with Crippen LogP contribution in [0.1, 0.15) is 22.2 Å². The first-order chi connectivity index (χ1) is 11.5. The number of aromatic nitrogens is 1. The van der Waals surface area contributed by atoms with Crippen LogP contribution in [0.25, 0.3) is 0 Å². The zero-order chi connectivity index (χ0) is 17.5. The molecule has 0 spiro atoms. The van der Waals surface area contributed by atoms with Crippen LogP contribution in [0.2, 0.25) is 0 Å². The summed E-state index contributed by atoms with van der Waals surface area (Å²) in [6.45, 7) is -1.14. The van der Waals surface area contributed by atoms with Gasteiger partial charge in [0.25, 0.3) is 12.3 Å². The maximum absolute atomic E-state index is 13.6. The zero-order valence-electron chi connectivity index (χ0n) is 12.5. The number of rotatable bonds is 7. The van der Waals surface area contributed by atoms with Crippen molar-refractivity contribution in [1.29, 1.82) is 0 Å². The van der Waals surface area contributed by atoms with Crippen molar-refractivity contribution in [2.24, 2.45) is 0 Å². The van der Waals surface area contributed by atoms with Gasteiger partial charge >= 0.3 is 0 Å². The Hall–Kier alpha value is -2.61. The summed E-state index contributed by atoms with van der Waals surface area (Å²) < 4.78 is 42.8. The lowest BCUT2D eigenvalue weighted by atomic mass is 10.1. The average Bonchev–Trinajstić information content (AvgIpc) is 2.58. The molecule has 1 amide bonds. The van der Waals surface area contributed by atoms with E-state index in [2.05, 4.69) is 10.3 Å². The fraction of sp³-hybridized carbons (Fsp3) is 0.250. The van der Waals surface area contributed by atoms with Crippen LogP contribution in [-0.2, 0) is 0 Å². The predicted octanol–water partition coefficient (Wildman–Crippen LogP) is 2.33. The minimum Gasteiger partial charge on any atom is -0.485 e. The standard InChI is InChI=1S/C16H15F3N2O3/c17-11-5-2-1-4-10(11)12(22)8-21-16(23)15-13(6-3-7-20-15)24-9-14(18)19/h1-7,12,14,22H,8-9H2,(H,21,23). The minimum atomic E-state index is -2.69. The Morgan fingerprint density at radius 1 is 1.25 bits per heavy atom. The van der Waals surface area contributed by atoms with E-state index in [1.165, 1.54) is 36.5 Å². The lowest BCUT2D eigenvalue weighted by Gasteiger charge is -2.14. The third-order valence-electron chi connectivity index (χ3n) is 3.07. The van der Waals surface area contributed by atoms with Crippen molar-refractivity contribution in [3.05, 3.63) is 59.7 Å². The van der Waals surface area contributed by atoms with Gasteiger partial charge in [0.2, 0.25) is 0 Å². The molecule has 2 aromatic rings. The van der Waals surface area contributed by atoms with Crippen LogP contribution in [0.4, 0.5) is 13.2 Å². The van der Waals surface area contributed by atoms with Gasteiger partial charge in [0.1, 0.15) is 12.4 Å². The van der Waals surface area contributed by atoms with Gasteiger partial charge in [-0.25, -0.2) is 18.2 Å². The number of amides is 1. The molecule has 1 heterocycles. The van der Waals surface area contributed by atoms with Crippen molar-refractivity contribution in [1.82, 2.24) is 10.3 Å². The highest BCUT2D eigenvalue weighted by Crippen LogP contribution is 2.18. The molecule has 1 atom stereocenters. The Balaban J connectivity index is 2.01. The molecule has 0 aliphatic heterocycles. The first kappa shape index (κ1) is 17.7. The van der Waals surface area contributed by atoms with Gasteiger partial charge in [-0.05, 0) is 18.2 Å². The van der Waals surface area contributed by atoms with Crippen LogP contribution in [0.5, 0.6) is 5.75 Å². The molecule has 1 aromatic carbocycles. The van der Waals surface area contributed by atoms with Crippen molar-refractivity contribution in [3.63, 3.8) is 0 Å². The van der Waals surface area contributed by atoms with Gasteiger partial charge in [0, 0.05) is 18.3 Å². The first-order valence-electron chi connectivity index (χ1n) is 7.05. The molecule has 128 valence electrons. The van der Waals surface area contributed by atoms with Gasteiger partial charge in [0.05, 0.1) is 6.10 Å². The van der Waals surface area contributed by atoms with Crippen molar-refractivity contribution < 1.29 is 27.8 Å². The Morgan fingerprint density at radius 3 is 2.71 bits per heavy atom. The highest BCUT2D eigenvalue weighted by molar-refractivity contribution is 5.94. The topological polar surface area (TPSA) is 71.5 Å². The maximum Gasteiger partial charge on any atom is 0.273 e. The van der Waals surface area contributed by atoms with E-state index >= 15 is 0 Å². The molecule has 0 saturated heterocycles. The third kappa shape index (κ3) is 4.69. The zero-order valence-corrected chi connectivity index (χ0v) is 12.5. The number of pyridine rings is 1. The van der Waals surface area contributed by atoms with E-state index < -0.39 is 30.9 Å². The average molecular weight is 340 g/mol. The van der Waals surface area contributed by atoms with Crippen LogP contribution in [0, 0.1) is 5.82 Å². The SMILES string of the molecule is O=C(NCC(O)c1ccccc1F)c1ncccc1OCC(F)F. The summed E-state index contributed by atoms with van der Waals surface area (Å²) in [4.78, 5) is 15.9. The molecule has 5 nitrogen and oxygen atoms in total. The third-order valence-corrected chi connectivity index (χ3v) is 3.07. The molecular weight excluding hydrogens is 325 g/mol. The number of hydrogen-bond donors (Lipinski definition) is 2. The number of nitrogens with zero attached hydrogens (tertiary/aromatic N) is 1. The molecule has 0 aliphatic rings. The molecule has 0 radical (unpaired) electrons. The number of carbonyl (C=O) groups is 1. The van der Waals surface area contributed by atoms with E-state index in [0.717, 1.165) is 0 Å². The second kappa shape index (κ2) is 8.30. The van der Waals surface area contributed by atoms with Crippen LogP contribution >= 0.6 is 0 Å².